The van der Waals surface area contributed by atoms with E-state index in [0.717, 1.165) is 16.8 Å². The fraction of sp³-hybridized carbons (Fsp3) is 0.304. The summed E-state index contributed by atoms with van der Waals surface area (Å²) in [5, 5.41) is 10.6. The van der Waals surface area contributed by atoms with E-state index in [1.54, 1.807) is 24.0 Å². The van der Waals surface area contributed by atoms with E-state index in [9.17, 15) is 9.59 Å². The molecule has 178 valence electrons. The first-order chi connectivity index (χ1) is 15.1. The molecule has 1 amide bonds. The van der Waals surface area contributed by atoms with Crippen molar-refractivity contribution in [2.24, 2.45) is 0 Å². The molecule has 1 unspecified atom stereocenters. The molecular weight excluding hydrogens is 465 g/mol. The maximum atomic E-state index is 13.1. The second-order valence-corrected chi connectivity index (χ2v) is 6.88. The Morgan fingerprint density at radius 3 is 2.39 bits per heavy atom. The van der Waals surface area contributed by atoms with E-state index >= 15 is 0 Å². The quantitative estimate of drug-likeness (QED) is 0.419. The molecule has 0 aliphatic carbocycles. The molecule has 2 heterocycles. The Bertz CT molecular complexity index is 1000. The maximum absolute atomic E-state index is 13.1. The summed E-state index contributed by atoms with van der Waals surface area (Å²) in [7, 11) is 0. The molecule has 3 rings (SSSR count). The molecule has 0 saturated carbocycles. The normalized spacial score (nSPS) is 11.0. The molecule has 0 saturated heterocycles. The van der Waals surface area contributed by atoms with Gasteiger partial charge in [0.1, 0.15) is 5.82 Å². The van der Waals surface area contributed by atoms with Gasteiger partial charge in [-0.3, -0.25) is 19.9 Å². The van der Waals surface area contributed by atoms with E-state index < -0.39 is 12.0 Å². The fourth-order valence-corrected chi connectivity index (χ4v) is 3.16. The van der Waals surface area contributed by atoms with Gasteiger partial charge in [-0.25, -0.2) is 4.68 Å². The van der Waals surface area contributed by atoms with Gasteiger partial charge in [0.2, 0.25) is 5.91 Å². The van der Waals surface area contributed by atoms with Gasteiger partial charge in [0.25, 0.3) is 0 Å². The number of benzene rings is 1. The van der Waals surface area contributed by atoms with Gasteiger partial charge in [0.05, 0.1) is 24.9 Å². The van der Waals surface area contributed by atoms with Gasteiger partial charge in [0.15, 0.2) is 0 Å². The third-order valence-electron chi connectivity index (χ3n) is 4.70. The van der Waals surface area contributed by atoms with E-state index in [-0.39, 0.29) is 37.3 Å². The molecule has 33 heavy (non-hydrogen) atoms. The molecule has 0 aliphatic heterocycles. The van der Waals surface area contributed by atoms with Crippen molar-refractivity contribution in [3.8, 4) is 11.3 Å². The summed E-state index contributed by atoms with van der Waals surface area (Å²) in [5.41, 5.74) is 2.65. The molecule has 1 aromatic carbocycles. The van der Waals surface area contributed by atoms with Crippen LogP contribution in [0, 0.1) is 0 Å². The van der Waals surface area contributed by atoms with Gasteiger partial charge in [-0.05, 0) is 38.0 Å². The Labute approximate surface area is 205 Å². The summed E-state index contributed by atoms with van der Waals surface area (Å²) in [5.74, 6) is -0.0497. The monoisotopic (exact) mass is 493 g/mol. The largest absolute Gasteiger partial charge is 0.465 e. The minimum Gasteiger partial charge on any atom is -0.465 e. The standard InChI is InChI=1S/C23H27N5O3.2ClH/c1-3-28-21(15-19(27-28)18-10-12-24-13-11-18)26-23(30)20(25-16-22(29)31-4-2)14-17-8-6-5-7-9-17;;/h5-13,15,20,25H,3-4,14,16H2,1-2H3,(H,26,30);2*1H. The van der Waals surface area contributed by atoms with Gasteiger partial charge >= 0.3 is 5.97 Å². The number of hydrogen-bond acceptors (Lipinski definition) is 6. The topological polar surface area (TPSA) is 98.1 Å². The summed E-state index contributed by atoms with van der Waals surface area (Å²) in [6, 6.07) is 14.6. The van der Waals surface area contributed by atoms with E-state index in [1.807, 2.05) is 55.5 Å². The number of hydrogen-bond donors (Lipinski definition) is 2. The highest BCUT2D eigenvalue weighted by atomic mass is 35.5. The Morgan fingerprint density at radius 1 is 1.06 bits per heavy atom. The summed E-state index contributed by atoms with van der Waals surface area (Å²) in [6.07, 6.45) is 3.84. The lowest BCUT2D eigenvalue weighted by Gasteiger charge is -2.18. The van der Waals surface area contributed by atoms with Crippen molar-refractivity contribution in [1.29, 1.82) is 0 Å². The fourth-order valence-electron chi connectivity index (χ4n) is 3.16. The Morgan fingerprint density at radius 2 is 1.76 bits per heavy atom. The van der Waals surface area contributed by atoms with Crippen LogP contribution in [-0.4, -0.2) is 45.8 Å². The third-order valence-corrected chi connectivity index (χ3v) is 4.70. The predicted octanol–water partition coefficient (Wildman–Crippen LogP) is 3.51. The predicted molar refractivity (Wildman–Crippen MR) is 133 cm³/mol. The summed E-state index contributed by atoms with van der Waals surface area (Å²) in [6.45, 7) is 4.55. The lowest BCUT2D eigenvalue weighted by molar-refractivity contribution is -0.142. The number of pyridine rings is 1. The lowest BCUT2D eigenvalue weighted by atomic mass is 10.1. The molecule has 0 spiro atoms. The first-order valence-corrected chi connectivity index (χ1v) is 10.3. The highest BCUT2D eigenvalue weighted by Crippen LogP contribution is 2.21. The first-order valence-electron chi connectivity index (χ1n) is 10.3. The SMILES string of the molecule is CCOC(=O)CNC(Cc1ccccc1)C(=O)Nc1cc(-c2ccncc2)nn1CC.Cl.Cl. The van der Waals surface area contributed by atoms with Crippen LogP contribution < -0.4 is 10.6 Å². The highest BCUT2D eigenvalue weighted by molar-refractivity contribution is 5.95. The molecule has 3 aromatic rings. The van der Waals surface area contributed by atoms with Gasteiger partial charge in [-0.1, -0.05) is 30.3 Å². The van der Waals surface area contributed by atoms with Crippen molar-refractivity contribution in [3.05, 3.63) is 66.5 Å². The molecule has 2 N–H and O–H groups in total. The van der Waals surface area contributed by atoms with Crippen LogP contribution in [0.4, 0.5) is 5.82 Å². The first kappa shape index (κ1) is 28.1. The van der Waals surface area contributed by atoms with Gasteiger partial charge in [-0.2, -0.15) is 5.10 Å². The molecular formula is C23H29Cl2N5O3. The van der Waals surface area contributed by atoms with E-state index in [1.165, 1.54) is 0 Å². The second-order valence-electron chi connectivity index (χ2n) is 6.88. The van der Waals surface area contributed by atoms with Crippen LogP contribution in [0.1, 0.15) is 19.4 Å². The summed E-state index contributed by atoms with van der Waals surface area (Å²) >= 11 is 0. The molecule has 0 bridgehead atoms. The Balaban J connectivity index is 0.00000272. The number of anilines is 1. The van der Waals surface area contributed by atoms with Crippen molar-refractivity contribution in [2.45, 2.75) is 32.9 Å². The van der Waals surface area contributed by atoms with Gasteiger partial charge in [-0.15, -0.1) is 24.8 Å². The number of aryl methyl sites for hydroxylation is 1. The molecule has 0 radical (unpaired) electrons. The molecule has 0 aliphatic rings. The van der Waals surface area contributed by atoms with Crippen LogP contribution in [0.3, 0.4) is 0 Å². The number of aromatic nitrogens is 3. The summed E-state index contributed by atoms with van der Waals surface area (Å²) < 4.78 is 6.71. The number of nitrogens with zero attached hydrogens (tertiary/aromatic N) is 3. The average molecular weight is 494 g/mol. The lowest BCUT2D eigenvalue weighted by Crippen LogP contribution is -2.45. The molecule has 10 heteroatoms. The number of esters is 1. The van der Waals surface area contributed by atoms with Gasteiger partial charge in [0, 0.05) is 30.6 Å². The number of halogens is 2. The van der Waals surface area contributed by atoms with Crippen LogP contribution in [0.2, 0.25) is 0 Å². The number of rotatable bonds is 10. The number of carbonyl (C=O) groups is 2. The molecule has 1 atom stereocenters. The van der Waals surface area contributed by atoms with Crippen LogP contribution in [0.5, 0.6) is 0 Å². The number of amides is 1. The van der Waals surface area contributed by atoms with E-state index in [4.69, 9.17) is 4.74 Å². The minimum atomic E-state index is -0.614. The Kier molecular flexibility index (Phi) is 12.1. The van der Waals surface area contributed by atoms with Crippen molar-refractivity contribution in [2.75, 3.05) is 18.5 Å². The Hall–Kier alpha value is -2.94. The zero-order valence-corrected chi connectivity index (χ0v) is 20.2. The molecule has 2 aromatic heterocycles. The third kappa shape index (κ3) is 8.16. The van der Waals surface area contributed by atoms with Crippen LogP contribution >= 0.6 is 24.8 Å². The van der Waals surface area contributed by atoms with Crippen LogP contribution in [0.15, 0.2) is 60.9 Å². The minimum absolute atomic E-state index is 0. The second kappa shape index (κ2) is 14.3. The number of nitrogens with one attached hydrogen (secondary N) is 2. The van der Waals surface area contributed by atoms with Crippen molar-refractivity contribution >= 4 is 42.5 Å². The molecule has 8 nitrogen and oxygen atoms in total. The average Bonchev–Trinajstić information content (AvgIpc) is 3.21. The zero-order valence-electron chi connectivity index (χ0n) is 18.6. The maximum Gasteiger partial charge on any atom is 0.319 e. The zero-order chi connectivity index (χ0) is 22.1. The van der Waals surface area contributed by atoms with Crippen molar-refractivity contribution in [1.82, 2.24) is 20.1 Å². The van der Waals surface area contributed by atoms with Gasteiger partial charge < -0.3 is 10.1 Å². The highest BCUT2D eigenvalue weighted by Gasteiger charge is 2.22. The summed E-state index contributed by atoms with van der Waals surface area (Å²) in [4.78, 5) is 29.0. The number of ether oxygens (including phenoxy) is 1. The van der Waals surface area contributed by atoms with E-state index in [2.05, 4.69) is 20.7 Å². The number of carbonyl (C=O) groups excluding carboxylic acids is 2. The van der Waals surface area contributed by atoms with E-state index in [0.29, 0.717) is 25.4 Å². The molecule has 0 fully saturated rings. The van der Waals surface area contributed by atoms with Crippen molar-refractivity contribution < 1.29 is 14.3 Å². The van der Waals surface area contributed by atoms with Crippen LogP contribution in [-0.2, 0) is 27.3 Å². The van der Waals surface area contributed by atoms with Crippen LogP contribution in [0.25, 0.3) is 11.3 Å². The van der Waals surface area contributed by atoms with Crippen molar-refractivity contribution in [3.63, 3.8) is 0 Å². The smallest absolute Gasteiger partial charge is 0.319 e.